The summed E-state index contributed by atoms with van der Waals surface area (Å²) in [5, 5.41) is 14.6. The van der Waals surface area contributed by atoms with Gasteiger partial charge in [-0.3, -0.25) is 5.10 Å². The van der Waals surface area contributed by atoms with Gasteiger partial charge in [-0.25, -0.2) is 0 Å². The first-order valence-corrected chi connectivity index (χ1v) is 6.52. The Morgan fingerprint density at radius 1 is 1.25 bits per heavy atom. The van der Waals surface area contributed by atoms with E-state index in [1.807, 2.05) is 24.3 Å². The Morgan fingerprint density at radius 3 is 2.90 bits per heavy atom. The second kappa shape index (κ2) is 5.34. The van der Waals surface area contributed by atoms with E-state index >= 15 is 0 Å². The molecular weight excluding hydrogens is 276 g/mol. The SMILES string of the molecule is CNc1nc(NCc2ccccc2Cl)c2cn[nH]c2n1. The molecule has 3 aromatic rings. The second-order valence-corrected chi connectivity index (χ2v) is 4.63. The Morgan fingerprint density at radius 2 is 2.10 bits per heavy atom. The van der Waals surface area contributed by atoms with Crippen LogP contribution >= 0.6 is 11.6 Å². The van der Waals surface area contributed by atoms with Gasteiger partial charge >= 0.3 is 0 Å². The highest BCUT2D eigenvalue weighted by molar-refractivity contribution is 6.31. The van der Waals surface area contributed by atoms with Gasteiger partial charge in [0.05, 0.1) is 11.6 Å². The Balaban J connectivity index is 1.90. The van der Waals surface area contributed by atoms with Crippen LogP contribution in [0.25, 0.3) is 11.0 Å². The number of hydrogen-bond acceptors (Lipinski definition) is 5. The summed E-state index contributed by atoms with van der Waals surface area (Å²) in [4.78, 5) is 8.68. The van der Waals surface area contributed by atoms with E-state index in [0.717, 1.165) is 16.0 Å². The number of aromatic amines is 1. The van der Waals surface area contributed by atoms with Crippen LogP contribution in [0.5, 0.6) is 0 Å². The van der Waals surface area contributed by atoms with Crippen molar-refractivity contribution in [1.82, 2.24) is 20.2 Å². The molecule has 7 heteroatoms. The third kappa shape index (κ3) is 2.37. The highest BCUT2D eigenvalue weighted by atomic mass is 35.5. The molecule has 0 fully saturated rings. The predicted molar refractivity (Wildman–Crippen MR) is 80.0 cm³/mol. The molecule has 20 heavy (non-hydrogen) atoms. The first-order valence-electron chi connectivity index (χ1n) is 6.14. The smallest absolute Gasteiger partial charge is 0.226 e. The zero-order valence-electron chi connectivity index (χ0n) is 10.8. The Hall–Kier alpha value is -2.34. The number of aromatic nitrogens is 4. The number of H-pyrrole nitrogens is 1. The molecule has 0 atom stereocenters. The first kappa shape index (κ1) is 12.7. The van der Waals surface area contributed by atoms with Gasteiger partial charge in [-0.05, 0) is 11.6 Å². The van der Waals surface area contributed by atoms with Crippen molar-refractivity contribution in [1.29, 1.82) is 0 Å². The molecule has 0 aliphatic heterocycles. The molecule has 0 radical (unpaired) electrons. The molecule has 0 amide bonds. The fraction of sp³-hybridized carbons (Fsp3) is 0.154. The van der Waals surface area contributed by atoms with Gasteiger partial charge in [0.25, 0.3) is 0 Å². The highest BCUT2D eigenvalue weighted by Gasteiger charge is 2.09. The molecule has 0 unspecified atom stereocenters. The lowest BCUT2D eigenvalue weighted by Crippen LogP contribution is -2.05. The summed E-state index contributed by atoms with van der Waals surface area (Å²) in [7, 11) is 1.77. The molecule has 3 N–H and O–H groups in total. The molecule has 0 saturated heterocycles. The van der Waals surface area contributed by atoms with Crippen LogP contribution in [-0.4, -0.2) is 27.2 Å². The number of fused-ring (bicyclic) bond motifs is 1. The van der Waals surface area contributed by atoms with Crippen molar-refractivity contribution in [3.63, 3.8) is 0 Å². The molecule has 0 aliphatic carbocycles. The third-order valence-electron chi connectivity index (χ3n) is 2.94. The lowest BCUT2D eigenvalue weighted by Gasteiger charge is -2.09. The summed E-state index contributed by atoms with van der Waals surface area (Å²) in [6.45, 7) is 0.583. The van der Waals surface area contributed by atoms with E-state index in [9.17, 15) is 0 Å². The minimum atomic E-state index is 0.531. The first-order chi connectivity index (χ1) is 9.78. The summed E-state index contributed by atoms with van der Waals surface area (Å²) in [6.07, 6.45) is 1.70. The van der Waals surface area contributed by atoms with Gasteiger partial charge in [0.1, 0.15) is 5.82 Å². The summed E-state index contributed by atoms with van der Waals surface area (Å²) >= 11 is 6.14. The number of halogens is 1. The number of hydrogen-bond donors (Lipinski definition) is 3. The van der Waals surface area contributed by atoms with Crippen LogP contribution in [0.4, 0.5) is 11.8 Å². The van der Waals surface area contributed by atoms with Gasteiger partial charge in [0, 0.05) is 18.6 Å². The number of benzene rings is 1. The van der Waals surface area contributed by atoms with Gasteiger partial charge < -0.3 is 10.6 Å². The summed E-state index contributed by atoms with van der Waals surface area (Å²) in [5.74, 6) is 1.25. The molecule has 2 heterocycles. The number of rotatable bonds is 4. The lowest BCUT2D eigenvalue weighted by molar-refractivity contribution is 1.08. The maximum Gasteiger partial charge on any atom is 0.226 e. The minimum Gasteiger partial charge on any atom is -0.365 e. The molecule has 0 spiro atoms. The number of nitrogens with one attached hydrogen (secondary N) is 3. The molecule has 1 aromatic carbocycles. The van der Waals surface area contributed by atoms with Crippen molar-refractivity contribution in [2.24, 2.45) is 0 Å². The van der Waals surface area contributed by atoms with Crippen LogP contribution in [0.1, 0.15) is 5.56 Å². The molecule has 0 bridgehead atoms. The standard InChI is InChI=1S/C13H13ClN6/c1-15-13-18-11(9-7-17-20-12(9)19-13)16-6-8-4-2-3-5-10(8)14/h2-5,7H,6H2,1H3,(H3,15,16,17,18,19,20). The molecule has 2 aromatic heterocycles. The van der Waals surface area contributed by atoms with Crippen molar-refractivity contribution in [3.05, 3.63) is 41.0 Å². The zero-order valence-corrected chi connectivity index (χ0v) is 11.6. The second-order valence-electron chi connectivity index (χ2n) is 4.22. The summed E-state index contributed by atoms with van der Waals surface area (Å²) in [5.41, 5.74) is 1.70. The zero-order chi connectivity index (χ0) is 13.9. The van der Waals surface area contributed by atoms with Crippen molar-refractivity contribution >= 4 is 34.4 Å². The van der Waals surface area contributed by atoms with Gasteiger partial charge in [0.2, 0.25) is 5.95 Å². The van der Waals surface area contributed by atoms with Gasteiger partial charge in [-0.15, -0.1) is 0 Å². The van der Waals surface area contributed by atoms with Crippen LogP contribution < -0.4 is 10.6 Å². The molecule has 0 aliphatic rings. The van der Waals surface area contributed by atoms with Crippen molar-refractivity contribution in [2.45, 2.75) is 6.54 Å². The van der Waals surface area contributed by atoms with E-state index in [1.165, 1.54) is 0 Å². The van der Waals surface area contributed by atoms with E-state index in [4.69, 9.17) is 11.6 Å². The Kier molecular flexibility index (Phi) is 3.39. The van der Waals surface area contributed by atoms with E-state index in [2.05, 4.69) is 30.8 Å². The number of anilines is 2. The average Bonchev–Trinajstić information content (AvgIpc) is 2.94. The maximum absolute atomic E-state index is 6.14. The Labute approximate surface area is 120 Å². The quantitative estimate of drug-likeness (QED) is 0.688. The van der Waals surface area contributed by atoms with Crippen LogP contribution in [0.2, 0.25) is 5.02 Å². The van der Waals surface area contributed by atoms with E-state index in [-0.39, 0.29) is 0 Å². The Bertz CT molecular complexity index is 739. The summed E-state index contributed by atoms with van der Waals surface area (Å²) < 4.78 is 0. The molecule has 102 valence electrons. The topological polar surface area (TPSA) is 78.5 Å². The monoisotopic (exact) mass is 288 g/mol. The fourth-order valence-electron chi connectivity index (χ4n) is 1.90. The van der Waals surface area contributed by atoms with Crippen molar-refractivity contribution < 1.29 is 0 Å². The maximum atomic E-state index is 6.14. The molecule has 0 saturated carbocycles. The van der Waals surface area contributed by atoms with Crippen LogP contribution in [0, 0.1) is 0 Å². The predicted octanol–water partition coefficient (Wildman–Crippen LogP) is 2.66. The molecule has 6 nitrogen and oxygen atoms in total. The van der Waals surface area contributed by atoms with E-state index in [0.29, 0.717) is 24.0 Å². The van der Waals surface area contributed by atoms with Crippen molar-refractivity contribution in [3.8, 4) is 0 Å². The van der Waals surface area contributed by atoms with Gasteiger partial charge in [-0.1, -0.05) is 29.8 Å². The molecular formula is C13H13ClN6. The third-order valence-corrected chi connectivity index (χ3v) is 3.31. The average molecular weight is 289 g/mol. The minimum absolute atomic E-state index is 0.531. The fourth-order valence-corrected chi connectivity index (χ4v) is 2.10. The summed E-state index contributed by atoms with van der Waals surface area (Å²) in [6, 6.07) is 7.70. The number of nitrogens with zero attached hydrogens (tertiary/aromatic N) is 3. The molecule has 3 rings (SSSR count). The normalized spacial score (nSPS) is 10.7. The van der Waals surface area contributed by atoms with Gasteiger partial charge in [-0.2, -0.15) is 15.1 Å². The van der Waals surface area contributed by atoms with Crippen LogP contribution in [-0.2, 0) is 6.54 Å². The van der Waals surface area contributed by atoms with Crippen molar-refractivity contribution in [2.75, 3.05) is 17.7 Å². The van der Waals surface area contributed by atoms with Crippen LogP contribution in [0.15, 0.2) is 30.5 Å². The largest absolute Gasteiger partial charge is 0.365 e. The van der Waals surface area contributed by atoms with Gasteiger partial charge in [0.15, 0.2) is 5.65 Å². The van der Waals surface area contributed by atoms with E-state index < -0.39 is 0 Å². The van der Waals surface area contributed by atoms with Crippen LogP contribution in [0.3, 0.4) is 0 Å². The van der Waals surface area contributed by atoms with E-state index in [1.54, 1.807) is 13.2 Å². The lowest BCUT2D eigenvalue weighted by atomic mass is 10.2. The highest BCUT2D eigenvalue weighted by Crippen LogP contribution is 2.22.